The number of piperidine rings is 1. The van der Waals surface area contributed by atoms with Gasteiger partial charge in [0.15, 0.2) is 0 Å². The molecule has 2 unspecified atom stereocenters. The Morgan fingerprint density at radius 2 is 2.09 bits per heavy atom. The summed E-state index contributed by atoms with van der Waals surface area (Å²) in [5.74, 6) is 0.539. The average molecular weight is 483 g/mol. The molecule has 2 atom stereocenters. The SMILES string of the molecule is COC(=O)Nc1ccc2c(-c3nc(NC4CNCC(C)C4)ncc3C(F)(F)F)c[nH]c2c1Cl. The van der Waals surface area contributed by atoms with Gasteiger partial charge in [0.2, 0.25) is 5.95 Å². The zero-order valence-corrected chi connectivity index (χ0v) is 18.6. The summed E-state index contributed by atoms with van der Waals surface area (Å²) in [5, 5.41) is 9.43. The number of aromatic amines is 1. The Hall–Kier alpha value is -3.05. The Balaban J connectivity index is 1.76. The largest absolute Gasteiger partial charge is 0.453 e. The molecule has 0 saturated carbocycles. The van der Waals surface area contributed by atoms with Crippen molar-refractivity contribution in [1.29, 1.82) is 0 Å². The fraction of sp³-hybridized carbons (Fsp3) is 0.381. The molecular weight excluding hydrogens is 461 g/mol. The first-order chi connectivity index (χ1) is 15.7. The smallest absolute Gasteiger partial charge is 0.419 e. The third-order valence-electron chi connectivity index (χ3n) is 5.47. The second kappa shape index (κ2) is 9.06. The molecule has 176 valence electrons. The third-order valence-corrected chi connectivity index (χ3v) is 5.86. The van der Waals surface area contributed by atoms with E-state index in [1.165, 1.54) is 19.4 Å². The van der Waals surface area contributed by atoms with Gasteiger partial charge in [0, 0.05) is 35.9 Å². The molecule has 3 aromatic rings. The van der Waals surface area contributed by atoms with Gasteiger partial charge in [0.1, 0.15) is 5.56 Å². The number of rotatable bonds is 4. The molecule has 12 heteroatoms. The highest BCUT2D eigenvalue weighted by atomic mass is 35.5. The van der Waals surface area contributed by atoms with Crippen LogP contribution in [-0.2, 0) is 10.9 Å². The van der Waals surface area contributed by atoms with Crippen molar-refractivity contribution in [3.63, 3.8) is 0 Å². The van der Waals surface area contributed by atoms with Gasteiger partial charge in [-0.25, -0.2) is 14.8 Å². The van der Waals surface area contributed by atoms with E-state index in [0.717, 1.165) is 19.2 Å². The van der Waals surface area contributed by atoms with Gasteiger partial charge >= 0.3 is 12.3 Å². The van der Waals surface area contributed by atoms with E-state index in [0.29, 0.717) is 23.4 Å². The number of nitrogens with one attached hydrogen (secondary N) is 4. The van der Waals surface area contributed by atoms with E-state index in [1.54, 1.807) is 6.07 Å². The normalized spacial score (nSPS) is 18.8. The number of alkyl halides is 3. The van der Waals surface area contributed by atoms with Crippen LogP contribution in [-0.4, -0.2) is 47.3 Å². The lowest BCUT2D eigenvalue weighted by atomic mass is 9.98. The molecule has 4 rings (SSSR count). The predicted octanol–water partition coefficient (Wildman–Crippen LogP) is 4.89. The molecule has 8 nitrogen and oxygen atoms in total. The van der Waals surface area contributed by atoms with Crippen molar-refractivity contribution in [1.82, 2.24) is 20.3 Å². The lowest BCUT2D eigenvalue weighted by Crippen LogP contribution is -2.42. The first-order valence-electron chi connectivity index (χ1n) is 10.2. The van der Waals surface area contributed by atoms with Gasteiger partial charge in [-0.15, -0.1) is 0 Å². The topological polar surface area (TPSA) is 104 Å². The van der Waals surface area contributed by atoms with E-state index < -0.39 is 17.8 Å². The maximum absolute atomic E-state index is 13.8. The Morgan fingerprint density at radius 1 is 1.30 bits per heavy atom. The number of anilines is 2. The van der Waals surface area contributed by atoms with Gasteiger partial charge in [-0.3, -0.25) is 5.32 Å². The second-order valence-electron chi connectivity index (χ2n) is 7.96. The number of carbonyl (C=O) groups excluding carboxylic acids is 1. The highest BCUT2D eigenvalue weighted by molar-refractivity contribution is 6.38. The van der Waals surface area contributed by atoms with Gasteiger partial charge < -0.3 is 20.4 Å². The highest BCUT2D eigenvalue weighted by Crippen LogP contribution is 2.41. The fourth-order valence-corrected chi connectivity index (χ4v) is 4.20. The van der Waals surface area contributed by atoms with Crippen LogP contribution in [0.2, 0.25) is 5.02 Å². The molecule has 0 radical (unpaired) electrons. The highest BCUT2D eigenvalue weighted by Gasteiger charge is 2.36. The molecule has 3 heterocycles. The number of hydrogen-bond donors (Lipinski definition) is 4. The molecule has 2 aromatic heterocycles. The molecule has 33 heavy (non-hydrogen) atoms. The van der Waals surface area contributed by atoms with Crippen LogP contribution in [0.25, 0.3) is 22.2 Å². The zero-order valence-electron chi connectivity index (χ0n) is 17.8. The summed E-state index contributed by atoms with van der Waals surface area (Å²) < 4.78 is 46.0. The van der Waals surface area contributed by atoms with Crippen molar-refractivity contribution in [2.45, 2.75) is 25.6 Å². The minimum Gasteiger partial charge on any atom is -0.453 e. The van der Waals surface area contributed by atoms with E-state index in [9.17, 15) is 18.0 Å². The maximum atomic E-state index is 13.8. The summed E-state index contributed by atoms with van der Waals surface area (Å²) in [5.41, 5.74) is -0.411. The van der Waals surface area contributed by atoms with Crippen LogP contribution >= 0.6 is 11.6 Å². The van der Waals surface area contributed by atoms with Crippen LogP contribution in [0, 0.1) is 5.92 Å². The number of halogens is 4. The van der Waals surface area contributed by atoms with Crippen molar-refractivity contribution < 1.29 is 22.7 Å². The molecule has 1 amide bonds. The van der Waals surface area contributed by atoms with Crippen molar-refractivity contribution >= 4 is 40.2 Å². The molecule has 1 aromatic carbocycles. The standard InChI is InChI=1S/C21H22ClF3N6O2/c1-10-5-11(7-26-6-10)29-19-28-9-14(21(23,24)25)17(31-19)13-8-27-18-12(13)3-4-15(16(18)22)30-20(32)33-2/h3-4,8-11,26-27H,5-7H2,1-2H3,(H,30,32)(H,28,29,31). The average Bonchev–Trinajstić information content (AvgIpc) is 3.19. The second-order valence-corrected chi connectivity index (χ2v) is 8.34. The van der Waals surface area contributed by atoms with Crippen LogP contribution in [0.4, 0.5) is 29.6 Å². The summed E-state index contributed by atoms with van der Waals surface area (Å²) in [4.78, 5) is 22.6. The molecule has 1 aliphatic rings. The lowest BCUT2D eigenvalue weighted by molar-refractivity contribution is -0.137. The Labute approximate surface area is 192 Å². The predicted molar refractivity (Wildman–Crippen MR) is 119 cm³/mol. The third kappa shape index (κ3) is 4.83. The number of aromatic nitrogens is 3. The summed E-state index contributed by atoms with van der Waals surface area (Å²) in [6.45, 7) is 3.65. The number of carbonyl (C=O) groups is 1. The first kappa shape index (κ1) is 23.1. The van der Waals surface area contributed by atoms with E-state index in [2.05, 4.69) is 42.6 Å². The zero-order chi connectivity index (χ0) is 23.8. The monoisotopic (exact) mass is 482 g/mol. The van der Waals surface area contributed by atoms with Crippen molar-refractivity contribution in [3.05, 3.63) is 35.1 Å². The Morgan fingerprint density at radius 3 is 2.79 bits per heavy atom. The molecule has 0 spiro atoms. The molecule has 4 N–H and O–H groups in total. The van der Waals surface area contributed by atoms with Gasteiger partial charge in [-0.05, 0) is 31.0 Å². The minimum atomic E-state index is -4.66. The number of methoxy groups -OCH3 is 1. The van der Waals surface area contributed by atoms with E-state index in [4.69, 9.17) is 11.6 Å². The first-order valence-corrected chi connectivity index (χ1v) is 10.6. The number of amides is 1. The number of hydrogen-bond acceptors (Lipinski definition) is 6. The summed E-state index contributed by atoms with van der Waals surface area (Å²) >= 11 is 6.37. The van der Waals surface area contributed by atoms with Gasteiger partial charge in [0.25, 0.3) is 0 Å². The lowest BCUT2D eigenvalue weighted by Gasteiger charge is -2.28. The maximum Gasteiger partial charge on any atom is 0.419 e. The van der Waals surface area contributed by atoms with Crippen molar-refractivity contribution in [2.24, 2.45) is 5.92 Å². The molecular formula is C21H22ClF3N6O2. The van der Waals surface area contributed by atoms with Gasteiger partial charge in [-0.1, -0.05) is 18.5 Å². The van der Waals surface area contributed by atoms with Gasteiger partial charge in [0.05, 0.1) is 29.0 Å². The molecule has 0 aliphatic carbocycles. The molecule has 0 bridgehead atoms. The van der Waals surface area contributed by atoms with Crippen LogP contribution in [0.15, 0.2) is 24.5 Å². The summed E-state index contributed by atoms with van der Waals surface area (Å²) in [6.07, 6.45) is -2.33. The fourth-order valence-electron chi connectivity index (χ4n) is 3.93. The quantitative estimate of drug-likeness (QED) is 0.422. The summed E-state index contributed by atoms with van der Waals surface area (Å²) in [6, 6.07) is 3.05. The van der Waals surface area contributed by atoms with Crippen LogP contribution < -0.4 is 16.0 Å². The van der Waals surface area contributed by atoms with Crippen molar-refractivity contribution in [2.75, 3.05) is 30.8 Å². The molecule has 1 fully saturated rings. The number of nitrogens with zero attached hydrogens (tertiary/aromatic N) is 2. The Bertz CT molecular complexity index is 1180. The Kier molecular flexibility index (Phi) is 6.35. The summed E-state index contributed by atoms with van der Waals surface area (Å²) in [7, 11) is 1.21. The number of H-pyrrole nitrogens is 1. The van der Waals surface area contributed by atoms with Crippen molar-refractivity contribution in [3.8, 4) is 11.3 Å². The minimum absolute atomic E-state index is 0.00250. The number of fused-ring (bicyclic) bond motifs is 1. The molecule has 1 saturated heterocycles. The van der Waals surface area contributed by atoms with Crippen LogP contribution in [0.5, 0.6) is 0 Å². The number of benzene rings is 1. The van der Waals surface area contributed by atoms with Crippen LogP contribution in [0.1, 0.15) is 18.9 Å². The van der Waals surface area contributed by atoms with E-state index in [-0.39, 0.29) is 34.0 Å². The molecule has 1 aliphatic heterocycles. The van der Waals surface area contributed by atoms with Crippen LogP contribution in [0.3, 0.4) is 0 Å². The number of ether oxygens (including phenoxy) is 1. The van der Waals surface area contributed by atoms with E-state index in [1.807, 2.05) is 0 Å². The van der Waals surface area contributed by atoms with E-state index >= 15 is 0 Å². The van der Waals surface area contributed by atoms with Gasteiger partial charge in [-0.2, -0.15) is 13.2 Å².